The van der Waals surface area contributed by atoms with E-state index in [1.54, 1.807) is 0 Å². The molecule has 0 saturated carbocycles. The van der Waals surface area contributed by atoms with Crippen LogP contribution in [-0.2, 0) is 10.1 Å². The lowest BCUT2D eigenvalue weighted by molar-refractivity contribution is 0.470. The molecular formula is C5H4Cl2N2O3S. The van der Waals surface area contributed by atoms with Crippen LogP contribution in [0.4, 0.5) is 0 Å². The SMILES string of the molecule is CS(=O)(=O)Oc1nc(Cl)cc(Cl)n1. The van der Waals surface area contributed by atoms with E-state index in [0.29, 0.717) is 0 Å². The zero-order valence-corrected chi connectivity index (χ0v) is 8.69. The van der Waals surface area contributed by atoms with Crippen LogP contribution < -0.4 is 4.18 Å². The summed E-state index contributed by atoms with van der Waals surface area (Å²) in [5.74, 6) is 0. The van der Waals surface area contributed by atoms with Gasteiger partial charge in [0, 0.05) is 6.07 Å². The number of aromatic nitrogens is 2. The van der Waals surface area contributed by atoms with E-state index < -0.39 is 10.1 Å². The smallest absolute Gasteiger partial charge is 0.335 e. The van der Waals surface area contributed by atoms with Crippen molar-refractivity contribution in [1.29, 1.82) is 0 Å². The molecule has 1 aromatic heterocycles. The molecule has 0 bridgehead atoms. The highest BCUT2D eigenvalue weighted by Crippen LogP contribution is 2.16. The molecular weight excluding hydrogens is 239 g/mol. The van der Waals surface area contributed by atoms with Crippen molar-refractivity contribution in [3.05, 3.63) is 16.4 Å². The highest BCUT2D eigenvalue weighted by Gasteiger charge is 2.09. The molecule has 0 aliphatic carbocycles. The lowest BCUT2D eigenvalue weighted by Crippen LogP contribution is -2.08. The standard InChI is InChI=1S/C5H4Cl2N2O3S/c1-13(10,11)12-5-8-3(6)2-4(7)9-5/h2H,1H3. The molecule has 5 nitrogen and oxygen atoms in total. The molecule has 0 unspecified atom stereocenters. The Balaban J connectivity index is 3.03. The molecule has 0 amide bonds. The third-order valence-electron chi connectivity index (χ3n) is 0.869. The van der Waals surface area contributed by atoms with Crippen LogP contribution in [0.5, 0.6) is 6.01 Å². The van der Waals surface area contributed by atoms with Crippen molar-refractivity contribution in [3.8, 4) is 6.01 Å². The van der Waals surface area contributed by atoms with E-state index in [4.69, 9.17) is 23.2 Å². The first kappa shape index (κ1) is 10.5. The van der Waals surface area contributed by atoms with E-state index in [1.165, 1.54) is 6.07 Å². The van der Waals surface area contributed by atoms with Gasteiger partial charge in [-0.3, -0.25) is 0 Å². The van der Waals surface area contributed by atoms with Gasteiger partial charge >= 0.3 is 16.1 Å². The molecule has 0 aliphatic heterocycles. The molecule has 1 rings (SSSR count). The van der Waals surface area contributed by atoms with Crippen LogP contribution >= 0.6 is 23.2 Å². The maximum absolute atomic E-state index is 10.6. The fourth-order valence-corrected chi connectivity index (χ4v) is 1.30. The first-order valence-corrected chi connectivity index (χ1v) is 5.53. The second-order valence-corrected chi connectivity index (χ2v) is 4.43. The van der Waals surface area contributed by atoms with Gasteiger partial charge in [-0.2, -0.15) is 18.4 Å². The fourth-order valence-electron chi connectivity index (χ4n) is 0.543. The van der Waals surface area contributed by atoms with Gasteiger partial charge in [0.15, 0.2) is 0 Å². The summed E-state index contributed by atoms with van der Waals surface area (Å²) in [5.41, 5.74) is 0. The Labute approximate surface area is 84.8 Å². The van der Waals surface area contributed by atoms with Gasteiger partial charge in [0.1, 0.15) is 10.3 Å². The van der Waals surface area contributed by atoms with Crippen molar-refractivity contribution < 1.29 is 12.6 Å². The molecule has 0 radical (unpaired) electrons. The van der Waals surface area contributed by atoms with E-state index >= 15 is 0 Å². The predicted octanol–water partition coefficient (Wildman–Crippen LogP) is 1.12. The Bertz CT molecular complexity index is 400. The van der Waals surface area contributed by atoms with Crippen molar-refractivity contribution in [2.45, 2.75) is 0 Å². The summed E-state index contributed by atoms with van der Waals surface area (Å²) in [6.45, 7) is 0. The Morgan fingerprint density at radius 1 is 1.31 bits per heavy atom. The predicted molar refractivity (Wildman–Crippen MR) is 47.5 cm³/mol. The molecule has 1 heterocycles. The van der Waals surface area contributed by atoms with Crippen molar-refractivity contribution in [1.82, 2.24) is 9.97 Å². The third kappa shape index (κ3) is 3.75. The monoisotopic (exact) mass is 242 g/mol. The molecule has 72 valence electrons. The van der Waals surface area contributed by atoms with Gasteiger partial charge in [-0.1, -0.05) is 23.2 Å². The van der Waals surface area contributed by atoms with Gasteiger partial charge in [-0.05, 0) is 0 Å². The summed E-state index contributed by atoms with van der Waals surface area (Å²) < 4.78 is 25.6. The largest absolute Gasteiger partial charge is 0.343 e. The lowest BCUT2D eigenvalue weighted by atomic mass is 10.7. The Kier molecular flexibility index (Phi) is 2.94. The summed E-state index contributed by atoms with van der Waals surface area (Å²) in [5, 5.41) is 0.0253. The van der Waals surface area contributed by atoms with Gasteiger partial charge < -0.3 is 4.18 Å². The number of hydrogen-bond acceptors (Lipinski definition) is 5. The lowest BCUT2D eigenvalue weighted by Gasteiger charge is -2.00. The first-order valence-electron chi connectivity index (χ1n) is 2.96. The number of halogens is 2. The van der Waals surface area contributed by atoms with Gasteiger partial charge in [0.25, 0.3) is 0 Å². The Morgan fingerprint density at radius 3 is 2.15 bits per heavy atom. The van der Waals surface area contributed by atoms with Crippen molar-refractivity contribution in [2.75, 3.05) is 6.26 Å². The summed E-state index contributed by atoms with van der Waals surface area (Å²) in [7, 11) is -3.65. The van der Waals surface area contributed by atoms with Crippen LogP contribution in [0, 0.1) is 0 Å². The molecule has 8 heteroatoms. The zero-order valence-electron chi connectivity index (χ0n) is 6.36. The quantitative estimate of drug-likeness (QED) is 0.575. The molecule has 0 aromatic carbocycles. The van der Waals surface area contributed by atoms with Gasteiger partial charge in [0.2, 0.25) is 0 Å². The summed E-state index contributed by atoms with van der Waals surface area (Å²) >= 11 is 10.9. The molecule has 0 N–H and O–H groups in total. The Hall–Kier alpha value is -0.590. The van der Waals surface area contributed by atoms with E-state index in [0.717, 1.165) is 6.26 Å². The summed E-state index contributed by atoms with van der Waals surface area (Å²) in [4.78, 5) is 6.98. The third-order valence-corrected chi connectivity index (χ3v) is 1.71. The van der Waals surface area contributed by atoms with Crippen molar-refractivity contribution >= 4 is 33.3 Å². The van der Waals surface area contributed by atoms with Crippen LogP contribution in [0.1, 0.15) is 0 Å². The highest BCUT2D eigenvalue weighted by molar-refractivity contribution is 7.86. The molecule has 0 fully saturated rings. The maximum Gasteiger partial charge on any atom is 0.335 e. The average molecular weight is 243 g/mol. The second kappa shape index (κ2) is 3.65. The minimum Gasteiger partial charge on any atom is -0.343 e. The topological polar surface area (TPSA) is 69.2 Å². The maximum atomic E-state index is 10.6. The minimum absolute atomic E-state index is 0.0126. The molecule has 0 spiro atoms. The molecule has 0 atom stereocenters. The van der Waals surface area contributed by atoms with Crippen LogP contribution in [-0.4, -0.2) is 24.6 Å². The highest BCUT2D eigenvalue weighted by atomic mass is 35.5. The molecule has 0 aliphatic rings. The van der Waals surface area contributed by atoms with Crippen LogP contribution in [0.3, 0.4) is 0 Å². The van der Waals surface area contributed by atoms with Crippen LogP contribution in [0.25, 0.3) is 0 Å². The number of hydrogen-bond donors (Lipinski definition) is 0. The van der Waals surface area contributed by atoms with E-state index in [9.17, 15) is 8.42 Å². The van der Waals surface area contributed by atoms with Gasteiger partial charge in [-0.15, -0.1) is 0 Å². The van der Waals surface area contributed by atoms with E-state index in [-0.39, 0.29) is 16.3 Å². The summed E-state index contributed by atoms with van der Waals surface area (Å²) in [6.07, 6.45) is 0.866. The normalized spacial score (nSPS) is 11.3. The molecule has 0 saturated heterocycles. The van der Waals surface area contributed by atoms with Crippen LogP contribution in [0.15, 0.2) is 6.07 Å². The Morgan fingerprint density at radius 2 is 1.77 bits per heavy atom. The fraction of sp³-hybridized carbons (Fsp3) is 0.200. The molecule has 1 aromatic rings. The zero-order chi connectivity index (χ0) is 10.1. The second-order valence-electron chi connectivity index (χ2n) is 2.08. The minimum atomic E-state index is -3.65. The van der Waals surface area contributed by atoms with Crippen molar-refractivity contribution in [2.24, 2.45) is 0 Å². The van der Waals surface area contributed by atoms with E-state index in [1.807, 2.05) is 0 Å². The molecule has 13 heavy (non-hydrogen) atoms. The van der Waals surface area contributed by atoms with Crippen molar-refractivity contribution in [3.63, 3.8) is 0 Å². The van der Waals surface area contributed by atoms with Gasteiger partial charge in [-0.25, -0.2) is 0 Å². The number of rotatable bonds is 2. The van der Waals surface area contributed by atoms with Gasteiger partial charge in [0.05, 0.1) is 6.26 Å². The average Bonchev–Trinajstić information content (AvgIpc) is 1.78. The first-order chi connectivity index (χ1) is 5.87. The van der Waals surface area contributed by atoms with Crippen LogP contribution in [0.2, 0.25) is 10.3 Å². The van der Waals surface area contributed by atoms with E-state index in [2.05, 4.69) is 14.2 Å². The number of nitrogens with zero attached hydrogens (tertiary/aromatic N) is 2. The summed E-state index contributed by atoms with van der Waals surface area (Å²) in [6, 6.07) is 0.873.